The van der Waals surface area contributed by atoms with Crippen molar-refractivity contribution < 1.29 is 14.0 Å². The number of halogens is 1. The number of nitrogens with two attached hydrogens (primary N) is 1. The number of nitrogens with zero attached hydrogens (tertiary/aromatic N) is 3. The molecule has 4 rings (SSSR count). The van der Waals surface area contributed by atoms with Crippen LogP contribution in [0.4, 0.5) is 4.39 Å². The van der Waals surface area contributed by atoms with Gasteiger partial charge in [-0.25, -0.2) is 9.37 Å². The fraction of sp³-hybridized carbons (Fsp3) is 0.167. The molecule has 0 aliphatic carbocycles. The van der Waals surface area contributed by atoms with Crippen LogP contribution in [-0.4, -0.2) is 39.4 Å². The molecule has 2 heterocycles. The van der Waals surface area contributed by atoms with E-state index >= 15 is 4.39 Å². The summed E-state index contributed by atoms with van der Waals surface area (Å²) in [7, 11) is 0. The lowest BCUT2D eigenvalue weighted by atomic mass is 10.1. The number of hydrogen-bond donors (Lipinski definition) is 1. The molecule has 0 bridgehead atoms. The molecule has 0 unspecified atom stereocenters. The molecule has 7 heteroatoms. The normalized spacial score (nSPS) is 13.7. The summed E-state index contributed by atoms with van der Waals surface area (Å²) in [5.41, 5.74) is 6.96. The summed E-state index contributed by atoms with van der Waals surface area (Å²) in [6.07, 6.45) is 2.44. The lowest BCUT2D eigenvalue weighted by molar-refractivity contribution is 0.0647. The smallest absolute Gasteiger partial charge is 0.256 e. The van der Waals surface area contributed by atoms with Crippen LogP contribution < -0.4 is 5.73 Å². The number of carbonyl (C=O) groups excluding carboxylic acids is 2. The Balaban J connectivity index is 1.82. The fourth-order valence-corrected chi connectivity index (χ4v) is 2.90. The third kappa shape index (κ3) is 2.44. The maximum Gasteiger partial charge on any atom is 0.256 e. The number of primary amides is 1. The van der Waals surface area contributed by atoms with Gasteiger partial charge in [-0.2, -0.15) is 0 Å². The highest BCUT2D eigenvalue weighted by Crippen LogP contribution is 2.25. The molecule has 0 saturated carbocycles. The van der Waals surface area contributed by atoms with Crippen molar-refractivity contribution in [2.45, 2.75) is 6.42 Å². The van der Waals surface area contributed by atoms with E-state index in [1.54, 1.807) is 39.8 Å². The van der Waals surface area contributed by atoms with Crippen LogP contribution in [0.5, 0.6) is 0 Å². The summed E-state index contributed by atoms with van der Waals surface area (Å²) in [5, 5.41) is 0. The molecule has 1 aliphatic rings. The minimum atomic E-state index is -0.592. The van der Waals surface area contributed by atoms with Gasteiger partial charge >= 0.3 is 0 Å². The topological polar surface area (TPSA) is 81.2 Å². The fourth-order valence-electron chi connectivity index (χ4n) is 2.90. The van der Waals surface area contributed by atoms with Crippen LogP contribution in [0.3, 0.4) is 0 Å². The van der Waals surface area contributed by atoms with Crippen molar-refractivity contribution in [3.05, 3.63) is 59.7 Å². The third-order valence-electron chi connectivity index (χ3n) is 4.45. The van der Waals surface area contributed by atoms with Crippen molar-refractivity contribution in [3.8, 4) is 5.69 Å². The van der Waals surface area contributed by atoms with E-state index in [4.69, 9.17) is 5.73 Å². The summed E-state index contributed by atoms with van der Waals surface area (Å²) in [5.74, 6) is -1.43. The number of benzene rings is 2. The molecule has 0 radical (unpaired) electrons. The number of carbonyl (C=O) groups is 2. The summed E-state index contributed by atoms with van der Waals surface area (Å²) < 4.78 is 16.6. The van der Waals surface area contributed by atoms with Gasteiger partial charge in [0, 0.05) is 24.3 Å². The maximum atomic E-state index is 15.0. The minimum Gasteiger partial charge on any atom is -0.366 e. The number of amides is 2. The van der Waals surface area contributed by atoms with Crippen molar-refractivity contribution in [3.63, 3.8) is 0 Å². The quantitative estimate of drug-likeness (QED) is 0.794. The first-order valence-corrected chi connectivity index (χ1v) is 7.91. The Morgan fingerprint density at radius 2 is 1.80 bits per heavy atom. The Bertz CT molecular complexity index is 990. The lowest BCUT2D eigenvalue weighted by Crippen LogP contribution is -2.42. The molecule has 3 aromatic rings. The zero-order valence-corrected chi connectivity index (χ0v) is 13.3. The highest BCUT2D eigenvalue weighted by molar-refractivity contribution is 5.98. The SMILES string of the molecule is NC(=O)c1ccc(-n2cnc3ccc(C(=O)N4CCC4)c(F)c32)cc1. The maximum absolute atomic E-state index is 15.0. The number of imidazole rings is 1. The highest BCUT2D eigenvalue weighted by Gasteiger charge is 2.26. The van der Waals surface area contributed by atoms with Gasteiger partial charge in [0.2, 0.25) is 5.91 Å². The van der Waals surface area contributed by atoms with Crippen molar-refractivity contribution in [1.29, 1.82) is 0 Å². The second-order valence-electron chi connectivity index (χ2n) is 5.97. The summed E-state index contributed by atoms with van der Waals surface area (Å²) in [6, 6.07) is 9.56. The minimum absolute atomic E-state index is 0.0442. The Morgan fingerprint density at radius 1 is 1.08 bits per heavy atom. The number of hydrogen-bond acceptors (Lipinski definition) is 3. The van der Waals surface area contributed by atoms with E-state index in [2.05, 4.69) is 4.98 Å². The summed E-state index contributed by atoms with van der Waals surface area (Å²) in [6.45, 7) is 1.31. The molecule has 1 aromatic heterocycles. The first-order chi connectivity index (χ1) is 12.1. The van der Waals surface area contributed by atoms with Crippen molar-refractivity contribution in [2.24, 2.45) is 5.73 Å². The summed E-state index contributed by atoms with van der Waals surface area (Å²) in [4.78, 5) is 29.4. The van der Waals surface area contributed by atoms with Gasteiger partial charge in [-0.15, -0.1) is 0 Å². The van der Waals surface area contributed by atoms with Gasteiger partial charge in [-0.3, -0.25) is 14.2 Å². The molecular weight excluding hydrogens is 323 g/mol. The number of likely N-dealkylation sites (tertiary alicyclic amines) is 1. The van der Waals surface area contributed by atoms with Crippen molar-refractivity contribution in [1.82, 2.24) is 14.5 Å². The zero-order valence-electron chi connectivity index (χ0n) is 13.3. The number of aromatic nitrogens is 2. The van der Waals surface area contributed by atoms with Crippen LogP contribution in [0, 0.1) is 5.82 Å². The van der Waals surface area contributed by atoms with Crippen molar-refractivity contribution in [2.75, 3.05) is 13.1 Å². The standard InChI is InChI=1S/C18H15FN4O2/c19-15-13(18(25)22-8-1-9-22)6-7-14-16(15)23(10-21-14)12-4-2-11(3-5-12)17(20)24/h2-7,10H,1,8-9H2,(H2,20,24). The molecular formula is C18H15FN4O2. The van der Waals surface area contributed by atoms with Crippen LogP contribution in [0.15, 0.2) is 42.7 Å². The van der Waals surface area contributed by atoms with Gasteiger partial charge in [-0.05, 0) is 42.8 Å². The van der Waals surface area contributed by atoms with Crippen LogP contribution in [0.25, 0.3) is 16.7 Å². The van der Waals surface area contributed by atoms with Crippen LogP contribution >= 0.6 is 0 Å². The molecule has 0 spiro atoms. The monoisotopic (exact) mass is 338 g/mol. The predicted octanol–water partition coefficient (Wildman–Crippen LogP) is 2.11. The zero-order chi connectivity index (χ0) is 17.6. The van der Waals surface area contributed by atoms with Crippen LogP contribution in [0.1, 0.15) is 27.1 Å². The Hall–Kier alpha value is -3.22. The van der Waals surface area contributed by atoms with Crippen LogP contribution in [0.2, 0.25) is 0 Å². The second kappa shape index (κ2) is 5.70. The largest absolute Gasteiger partial charge is 0.366 e. The predicted molar refractivity (Wildman–Crippen MR) is 90.1 cm³/mol. The molecule has 2 N–H and O–H groups in total. The average Bonchev–Trinajstić information content (AvgIpc) is 2.98. The average molecular weight is 338 g/mol. The molecule has 2 amide bonds. The molecule has 6 nitrogen and oxygen atoms in total. The molecule has 1 saturated heterocycles. The molecule has 25 heavy (non-hydrogen) atoms. The number of fused-ring (bicyclic) bond motifs is 1. The van der Waals surface area contributed by atoms with Gasteiger partial charge < -0.3 is 10.6 Å². The first-order valence-electron chi connectivity index (χ1n) is 7.91. The van der Waals surface area contributed by atoms with E-state index in [9.17, 15) is 9.59 Å². The van der Waals surface area contributed by atoms with Gasteiger partial charge in [0.1, 0.15) is 11.8 Å². The molecule has 126 valence electrons. The van der Waals surface area contributed by atoms with Gasteiger partial charge in [0.15, 0.2) is 5.82 Å². The van der Waals surface area contributed by atoms with Crippen molar-refractivity contribution >= 4 is 22.8 Å². The van der Waals surface area contributed by atoms with Gasteiger partial charge in [-0.1, -0.05) is 0 Å². The molecule has 2 aromatic carbocycles. The Morgan fingerprint density at radius 3 is 2.40 bits per heavy atom. The van der Waals surface area contributed by atoms with E-state index in [0.29, 0.717) is 29.9 Å². The highest BCUT2D eigenvalue weighted by atomic mass is 19.1. The lowest BCUT2D eigenvalue weighted by Gasteiger charge is -2.31. The van der Waals surface area contributed by atoms with Gasteiger partial charge in [0.05, 0.1) is 11.1 Å². The van der Waals surface area contributed by atoms with E-state index in [0.717, 1.165) is 6.42 Å². The molecule has 1 aliphatic heterocycles. The Labute approximate surface area is 142 Å². The molecule has 0 atom stereocenters. The molecule has 1 fully saturated rings. The summed E-state index contributed by atoms with van der Waals surface area (Å²) >= 11 is 0. The Kier molecular flexibility index (Phi) is 3.49. The van der Waals surface area contributed by atoms with Gasteiger partial charge in [0.25, 0.3) is 5.91 Å². The first kappa shape index (κ1) is 15.3. The third-order valence-corrected chi connectivity index (χ3v) is 4.45. The van der Waals surface area contributed by atoms with E-state index in [-0.39, 0.29) is 17.0 Å². The second-order valence-corrected chi connectivity index (χ2v) is 5.97. The van der Waals surface area contributed by atoms with E-state index in [1.807, 2.05) is 0 Å². The van der Waals surface area contributed by atoms with E-state index in [1.165, 1.54) is 12.4 Å². The number of rotatable bonds is 3. The van der Waals surface area contributed by atoms with Crippen LogP contribution in [-0.2, 0) is 0 Å². The van der Waals surface area contributed by atoms with E-state index < -0.39 is 11.7 Å².